The van der Waals surface area contributed by atoms with Gasteiger partial charge in [-0.3, -0.25) is 4.99 Å². The van der Waals surface area contributed by atoms with E-state index in [4.69, 9.17) is 4.74 Å². The summed E-state index contributed by atoms with van der Waals surface area (Å²) in [6.07, 6.45) is 2.86. The van der Waals surface area contributed by atoms with E-state index in [2.05, 4.69) is 75.8 Å². The van der Waals surface area contributed by atoms with Crippen molar-refractivity contribution < 1.29 is 4.74 Å². The molecule has 2 aromatic carbocycles. The first kappa shape index (κ1) is 17.2. The lowest BCUT2D eigenvalue weighted by atomic mass is 10.1. The summed E-state index contributed by atoms with van der Waals surface area (Å²) >= 11 is 7.13. The molecule has 4 heteroatoms. The largest absolute Gasteiger partial charge is 0.491 e. The Morgan fingerprint density at radius 2 is 1.77 bits per heavy atom. The van der Waals surface area contributed by atoms with E-state index in [0.717, 1.165) is 32.4 Å². The summed E-state index contributed by atoms with van der Waals surface area (Å²) < 4.78 is 7.59. The van der Waals surface area contributed by atoms with E-state index in [1.54, 1.807) is 0 Å². The van der Waals surface area contributed by atoms with Crippen molar-refractivity contribution in [3.63, 3.8) is 0 Å². The van der Waals surface area contributed by atoms with Gasteiger partial charge in [0, 0.05) is 6.21 Å². The summed E-state index contributed by atoms with van der Waals surface area (Å²) in [5, 5.41) is 0. The molecular weight excluding hydrogens is 406 g/mol. The molecule has 0 aliphatic heterocycles. The minimum Gasteiger partial charge on any atom is -0.491 e. The lowest BCUT2D eigenvalue weighted by molar-refractivity contribution is 0.313. The van der Waals surface area contributed by atoms with Crippen molar-refractivity contribution in [1.29, 1.82) is 0 Å². The van der Waals surface area contributed by atoms with E-state index in [9.17, 15) is 0 Å². The van der Waals surface area contributed by atoms with Gasteiger partial charge in [-0.15, -0.1) is 0 Å². The van der Waals surface area contributed by atoms with E-state index in [1.807, 2.05) is 18.3 Å². The minimum atomic E-state index is 0.702. The SMILES string of the molecule is CCCOc1c(Br)cc(C=Nc2cc(C)ccc2C)cc1Br. The first-order valence-corrected chi connectivity index (χ1v) is 8.83. The number of benzene rings is 2. The number of rotatable bonds is 5. The van der Waals surface area contributed by atoms with Gasteiger partial charge in [0.05, 0.1) is 21.2 Å². The van der Waals surface area contributed by atoms with Crippen molar-refractivity contribution in [2.45, 2.75) is 27.2 Å². The number of aryl methyl sites for hydroxylation is 2. The van der Waals surface area contributed by atoms with Crippen LogP contribution in [0.4, 0.5) is 5.69 Å². The van der Waals surface area contributed by atoms with E-state index in [-0.39, 0.29) is 0 Å². The summed E-state index contributed by atoms with van der Waals surface area (Å²) in [7, 11) is 0. The topological polar surface area (TPSA) is 21.6 Å². The molecule has 22 heavy (non-hydrogen) atoms. The molecule has 0 aromatic heterocycles. The third kappa shape index (κ3) is 4.43. The predicted molar refractivity (Wildman–Crippen MR) is 101 cm³/mol. The minimum absolute atomic E-state index is 0.702. The fraction of sp³-hybridized carbons (Fsp3) is 0.278. The molecule has 0 heterocycles. The molecule has 0 spiro atoms. The second kappa shape index (κ2) is 7.93. The van der Waals surface area contributed by atoms with E-state index in [1.165, 1.54) is 11.1 Å². The van der Waals surface area contributed by atoms with Crippen LogP contribution in [0.15, 0.2) is 44.3 Å². The fourth-order valence-corrected chi connectivity index (χ4v) is 3.45. The zero-order valence-corrected chi connectivity index (χ0v) is 16.2. The van der Waals surface area contributed by atoms with Gasteiger partial charge in [-0.1, -0.05) is 19.1 Å². The molecule has 0 bridgehead atoms. The monoisotopic (exact) mass is 423 g/mol. The third-order valence-corrected chi connectivity index (χ3v) is 4.37. The average Bonchev–Trinajstić information content (AvgIpc) is 2.47. The summed E-state index contributed by atoms with van der Waals surface area (Å²) in [5.41, 5.74) is 4.40. The van der Waals surface area contributed by atoms with Crippen molar-refractivity contribution >= 4 is 43.8 Å². The Hall–Kier alpha value is -1.13. The van der Waals surface area contributed by atoms with E-state index in [0.29, 0.717) is 6.61 Å². The van der Waals surface area contributed by atoms with Crippen LogP contribution in [0.3, 0.4) is 0 Å². The van der Waals surface area contributed by atoms with Gasteiger partial charge in [0.1, 0.15) is 5.75 Å². The Balaban J connectivity index is 2.26. The lowest BCUT2D eigenvalue weighted by Gasteiger charge is -2.10. The van der Waals surface area contributed by atoms with Crippen molar-refractivity contribution in [1.82, 2.24) is 0 Å². The normalized spacial score (nSPS) is 11.1. The average molecular weight is 425 g/mol. The van der Waals surface area contributed by atoms with Gasteiger partial charge < -0.3 is 4.74 Å². The van der Waals surface area contributed by atoms with E-state index >= 15 is 0 Å². The Morgan fingerprint density at radius 3 is 2.41 bits per heavy atom. The Bertz CT molecular complexity index is 672. The standard InChI is InChI=1S/C18H19Br2NO/c1-4-7-22-18-15(19)9-14(10-16(18)20)11-21-17-8-12(2)5-6-13(17)3/h5-6,8-11H,4,7H2,1-3H3. The summed E-state index contributed by atoms with van der Waals surface area (Å²) in [5.74, 6) is 0.839. The molecule has 2 rings (SSSR count). The Labute approximate surface area is 148 Å². The second-order valence-corrected chi connectivity index (χ2v) is 6.92. The van der Waals surface area contributed by atoms with Crippen LogP contribution in [0, 0.1) is 13.8 Å². The highest BCUT2D eigenvalue weighted by atomic mass is 79.9. The molecule has 0 radical (unpaired) electrons. The maximum atomic E-state index is 5.73. The number of hydrogen-bond donors (Lipinski definition) is 0. The molecule has 0 unspecified atom stereocenters. The van der Waals surface area contributed by atoms with Crippen molar-refractivity contribution in [3.8, 4) is 5.75 Å². The van der Waals surface area contributed by atoms with Gasteiger partial charge in [-0.05, 0) is 87.0 Å². The van der Waals surface area contributed by atoms with Crippen LogP contribution >= 0.6 is 31.9 Å². The summed E-state index contributed by atoms with van der Waals surface area (Å²) in [6.45, 7) is 6.94. The van der Waals surface area contributed by atoms with Crippen LogP contribution < -0.4 is 4.74 Å². The second-order valence-electron chi connectivity index (χ2n) is 5.21. The van der Waals surface area contributed by atoms with Gasteiger partial charge in [0.15, 0.2) is 0 Å². The molecule has 0 saturated heterocycles. The van der Waals surface area contributed by atoms with Crippen LogP contribution in [0.1, 0.15) is 30.0 Å². The third-order valence-electron chi connectivity index (χ3n) is 3.19. The first-order valence-electron chi connectivity index (χ1n) is 7.24. The van der Waals surface area contributed by atoms with Crippen LogP contribution in [0.2, 0.25) is 0 Å². The van der Waals surface area contributed by atoms with Crippen LogP contribution in [-0.2, 0) is 0 Å². The van der Waals surface area contributed by atoms with Crippen molar-refractivity contribution in [3.05, 3.63) is 56.0 Å². The number of hydrogen-bond acceptors (Lipinski definition) is 2. The fourth-order valence-electron chi connectivity index (χ4n) is 2.00. The van der Waals surface area contributed by atoms with Gasteiger partial charge in [-0.25, -0.2) is 0 Å². The summed E-state index contributed by atoms with van der Waals surface area (Å²) in [4.78, 5) is 4.60. The molecule has 0 saturated carbocycles. The highest BCUT2D eigenvalue weighted by Gasteiger charge is 2.08. The predicted octanol–water partition coefficient (Wildman–Crippen LogP) is 6.37. The molecule has 2 aromatic rings. The molecule has 116 valence electrons. The van der Waals surface area contributed by atoms with Crippen LogP contribution in [0.5, 0.6) is 5.75 Å². The van der Waals surface area contributed by atoms with Crippen LogP contribution in [0.25, 0.3) is 0 Å². The number of nitrogens with zero attached hydrogens (tertiary/aromatic N) is 1. The summed E-state index contributed by atoms with van der Waals surface area (Å²) in [6, 6.07) is 10.3. The molecule has 2 nitrogen and oxygen atoms in total. The zero-order chi connectivity index (χ0) is 16.1. The molecule has 0 atom stereocenters. The molecule has 0 aliphatic carbocycles. The van der Waals surface area contributed by atoms with Gasteiger partial charge in [-0.2, -0.15) is 0 Å². The maximum absolute atomic E-state index is 5.73. The van der Waals surface area contributed by atoms with Gasteiger partial charge >= 0.3 is 0 Å². The lowest BCUT2D eigenvalue weighted by Crippen LogP contribution is -1.97. The Morgan fingerprint density at radius 1 is 1.09 bits per heavy atom. The van der Waals surface area contributed by atoms with Crippen molar-refractivity contribution in [2.24, 2.45) is 4.99 Å². The van der Waals surface area contributed by atoms with Gasteiger partial charge in [0.2, 0.25) is 0 Å². The number of ether oxygens (including phenoxy) is 1. The molecule has 0 amide bonds. The highest BCUT2D eigenvalue weighted by Crippen LogP contribution is 2.34. The highest BCUT2D eigenvalue weighted by molar-refractivity contribution is 9.11. The quantitative estimate of drug-likeness (QED) is 0.511. The van der Waals surface area contributed by atoms with Gasteiger partial charge in [0.25, 0.3) is 0 Å². The first-order chi connectivity index (χ1) is 10.5. The number of halogens is 2. The molecule has 0 aliphatic rings. The maximum Gasteiger partial charge on any atom is 0.147 e. The molecular formula is C18H19Br2NO. The molecule has 0 N–H and O–H groups in total. The van der Waals surface area contributed by atoms with E-state index < -0.39 is 0 Å². The van der Waals surface area contributed by atoms with Crippen LogP contribution in [-0.4, -0.2) is 12.8 Å². The smallest absolute Gasteiger partial charge is 0.147 e. The molecule has 0 fully saturated rings. The zero-order valence-electron chi connectivity index (χ0n) is 13.0. The number of aliphatic imine (C=N–C) groups is 1. The Kier molecular flexibility index (Phi) is 6.21. The van der Waals surface area contributed by atoms with Crippen molar-refractivity contribution in [2.75, 3.05) is 6.61 Å².